The number of rotatable bonds is 6. The maximum atomic E-state index is 13.0. The van der Waals surface area contributed by atoms with E-state index in [-0.39, 0.29) is 35.2 Å². The molecule has 1 aromatic carbocycles. The Morgan fingerprint density at radius 2 is 1.74 bits per heavy atom. The van der Waals surface area contributed by atoms with Crippen LogP contribution in [-0.4, -0.2) is 37.2 Å². The van der Waals surface area contributed by atoms with E-state index in [9.17, 15) is 22.8 Å². The number of nitrogens with zero attached hydrogens (tertiary/aromatic N) is 4. The Bertz CT molecular complexity index is 1630. The SMILES string of the molecule is Nc1nccn2c([C@@H]3CCCC(NC(=O)C4CCC4)C3)nc(-c3ccc(C(=O)Nc4cc(C(F)(F)F)ccn4)cc3)c12. The summed E-state index contributed by atoms with van der Waals surface area (Å²) < 4.78 is 41.0. The molecule has 0 radical (unpaired) electrons. The molecule has 6 rings (SSSR count). The van der Waals surface area contributed by atoms with Gasteiger partial charge in [-0.3, -0.25) is 14.0 Å². The van der Waals surface area contributed by atoms with Crippen molar-refractivity contribution in [3.8, 4) is 11.3 Å². The number of nitrogen functional groups attached to an aromatic ring is 1. The molecule has 2 amide bonds. The first kappa shape index (κ1) is 27.7. The Kier molecular flexibility index (Phi) is 7.29. The van der Waals surface area contributed by atoms with Crippen LogP contribution in [0.5, 0.6) is 0 Å². The van der Waals surface area contributed by atoms with E-state index in [1.54, 1.807) is 30.5 Å². The van der Waals surface area contributed by atoms with Crippen molar-refractivity contribution >= 4 is 29.0 Å². The van der Waals surface area contributed by atoms with Gasteiger partial charge in [-0.25, -0.2) is 15.0 Å². The molecule has 12 heteroatoms. The standard InChI is InChI=1S/C30H30F3N7O2/c31-30(32,33)21-11-12-35-23(16-21)38-29(42)19-9-7-17(8-10-19)24-25-26(34)36-13-14-40(25)27(39-24)20-5-2-6-22(15-20)37-28(41)18-3-1-4-18/h7-14,16,18,20,22H,1-6,15H2,(H2,34,36)(H,37,41)(H,35,38,42)/t20-,22?/m1/s1. The Labute approximate surface area is 239 Å². The number of nitrogens with two attached hydrogens (primary N) is 1. The lowest BCUT2D eigenvalue weighted by Crippen LogP contribution is -2.43. The van der Waals surface area contributed by atoms with Crippen molar-refractivity contribution in [1.29, 1.82) is 0 Å². The molecule has 3 aromatic heterocycles. The van der Waals surface area contributed by atoms with E-state index in [1.807, 2.05) is 10.6 Å². The number of hydrogen-bond donors (Lipinski definition) is 3. The first-order valence-corrected chi connectivity index (χ1v) is 14.0. The van der Waals surface area contributed by atoms with Crippen LogP contribution >= 0.6 is 0 Å². The lowest BCUT2D eigenvalue weighted by molar-refractivity contribution is -0.137. The van der Waals surface area contributed by atoms with E-state index >= 15 is 0 Å². The Morgan fingerprint density at radius 3 is 2.45 bits per heavy atom. The molecule has 218 valence electrons. The smallest absolute Gasteiger partial charge is 0.382 e. The first-order chi connectivity index (χ1) is 20.2. The van der Waals surface area contributed by atoms with Gasteiger partial charge < -0.3 is 16.4 Å². The molecule has 2 fully saturated rings. The number of imidazole rings is 1. The summed E-state index contributed by atoms with van der Waals surface area (Å²) in [7, 11) is 0. The Hall–Kier alpha value is -4.48. The molecule has 1 unspecified atom stereocenters. The number of anilines is 2. The predicted molar refractivity (Wildman–Crippen MR) is 151 cm³/mol. The van der Waals surface area contributed by atoms with Gasteiger partial charge in [-0.1, -0.05) is 25.0 Å². The maximum absolute atomic E-state index is 13.0. The highest BCUT2D eigenvalue weighted by molar-refractivity contribution is 6.04. The molecule has 9 nitrogen and oxygen atoms in total. The van der Waals surface area contributed by atoms with Crippen molar-refractivity contribution in [2.24, 2.45) is 5.92 Å². The second-order valence-corrected chi connectivity index (χ2v) is 11.0. The minimum atomic E-state index is -4.55. The fourth-order valence-corrected chi connectivity index (χ4v) is 5.76. The minimum absolute atomic E-state index is 0.0935. The zero-order valence-corrected chi connectivity index (χ0v) is 22.7. The zero-order chi connectivity index (χ0) is 29.4. The predicted octanol–water partition coefficient (Wildman–Crippen LogP) is 5.59. The van der Waals surface area contributed by atoms with Gasteiger partial charge in [0.1, 0.15) is 28.7 Å². The van der Waals surface area contributed by atoms with Gasteiger partial charge in [0, 0.05) is 47.6 Å². The summed E-state index contributed by atoms with van der Waals surface area (Å²) in [4.78, 5) is 38.4. The molecule has 4 N–H and O–H groups in total. The average Bonchev–Trinajstić information content (AvgIpc) is 3.33. The molecule has 0 spiro atoms. The number of amides is 2. The van der Waals surface area contributed by atoms with Crippen LogP contribution in [0.15, 0.2) is 55.0 Å². The molecular weight excluding hydrogens is 547 g/mol. The number of alkyl halides is 3. The van der Waals surface area contributed by atoms with E-state index in [4.69, 9.17) is 10.7 Å². The normalized spacial score (nSPS) is 19.3. The quantitative estimate of drug-likeness (QED) is 0.274. The lowest BCUT2D eigenvalue weighted by Gasteiger charge is -2.32. The van der Waals surface area contributed by atoms with Crippen molar-refractivity contribution in [2.75, 3.05) is 11.1 Å². The van der Waals surface area contributed by atoms with Crippen LogP contribution < -0.4 is 16.4 Å². The summed E-state index contributed by atoms with van der Waals surface area (Å²) in [6.45, 7) is 0. The molecular formula is C30H30F3N7O2. The largest absolute Gasteiger partial charge is 0.416 e. The molecule has 2 atom stereocenters. The van der Waals surface area contributed by atoms with Gasteiger partial charge in [-0.15, -0.1) is 0 Å². The third kappa shape index (κ3) is 5.53. The van der Waals surface area contributed by atoms with Crippen molar-refractivity contribution < 1.29 is 22.8 Å². The highest BCUT2D eigenvalue weighted by Gasteiger charge is 2.33. The van der Waals surface area contributed by atoms with Crippen molar-refractivity contribution in [3.63, 3.8) is 0 Å². The van der Waals surface area contributed by atoms with Gasteiger partial charge in [0.05, 0.1) is 5.56 Å². The number of pyridine rings is 1. The van der Waals surface area contributed by atoms with Crippen molar-refractivity contribution in [3.05, 3.63) is 71.9 Å². The molecule has 42 heavy (non-hydrogen) atoms. The van der Waals surface area contributed by atoms with Crippen molar-refractivity contribution in [2.45, 2.75) is 63.1 Å². The molecule has 2 aliphatic rings. The van der Waals surface area contributed by atoms with Crippen LogP contribution in [0.25, 0.3) is 16.8 Å². The molecule has 2 saturated carbocycles. The van der Waals surface area contributed by atoms with Crippen LogP contribution in [0.3, 0.4) is 0 Å². The van der Waals surface area contributed by atoms with Gasteiger partial charge in [-0.05, 0) is 56.4 Å². The molecule has 0 bridgehead atoms. The summed E-state index contributed by atoms with van der Waals surface area (Å²) in [5, 5.41) is 5.67. The molecule has 0 saturated heterocycles. The van der Waals surface area contributed by atoms with Gasteiger partial charge in [0.25, 0.3) is 5.91 Å². The summed E-state index contributed by atoms with van der Waals surface area (Å²) in [5.41, 5.74) is 7.62. The van der Waals surface area contributed by atoms with E-state index in [0.717, 1.165) is 69.1 Å². The average molecular weight is 578 g/mol. The van der Waals surface area contributed by atoms with Gasteiger partial charge in [0.15, 0.2) is 0 Å². The number of halogens is 3. The van der Waals surface area contributed by atoms with E-state index in [0.29, 0.717) is 22.6 Å². The van der Waals surface area contributed by atoms with Crippen LogP contribution in [0, 0.1) is 5.92 Å². The highest BCUT2D eigenvalue weighted by atomic mass is 19.4. The highest BCUT2D eigenvalue weighted by Crippen LogP contribution is 2.37. The summed E-state index contributed by atoms with van der Waals surface area (Å²) in [6.07, 6.45) is 6.57. The third-order valence-corrected chi connectivity index (χ3v) is 8.22. The summed E-state index contributed by atoms with van der Waals surface area (Å²) in [6, 6.07) is 8.30. The van der Waals surface area contributed by atoms with E-state index in [2.05, 4.69) is 20.6 Å². The summed E-state index contributed by atoms with van der Waals surface area (Å²) in [5.74, 6) is 0.768. The number of carbonyl (C=O) groups is 2. The fourth-order valence-electron chi connectivity index (χ4n) is 5.76. The number of carbonyl (C=O) groups excluding carboxylic acids is 2. The number of hydrogen-bond acceptors (Lipinski definition) is 6. The van der Waals surface area contributed by atoms with Crippen LogP contribution in [0.4, 0.5) is 24.8 Å². The van der Waals surface area contributed by atoms with Crippen LogP contribution in [0.1, 0.15) is 72.6 Å². The van der Waals surface area contributed by atoms with E-state index < -0.39 is 17.6 Å². The monoisotopic (exact) mass is 577 g/mol. The third-order valence-electron chi connectivity index (χ3n) is 8.22. The second kappa shape index (κ2) is 11.1. The zero-order valence-electron chi connectivity index (χ0n) is 22.7. The number of nitrogens with one attached hydrogen (secondary N) is 2. The van der Waals surface area contributed by atoms with E-state index in [1.165, 1.54) is 0 Å². The topological polar surface area (TPSA) is 127 Å². The molecule has 0 aliphatic heterocycles. The second-order valence-electron chi connectivity index (χ2n) is 11.0. The van der Waals surface area contributed by atoms with Gasteiger partial charge in [-0.2, -0.15) is 13.2 Å². The van der Waals surface area contributed by atoms with Gasteiger partial charge >= 0.3 is 6.18 Å². The molecule has 4 aromatic rings. The number of fused-ring (bicyclic) bond motifs is 1. The lowest BCUT2D eigenvalue weighted by atomic mass is 9.82. The molecule has 2 aliphatic carbocycles. The van der Waals surface area contributed by atoms with Gasteiger partial charge in [0.2, 0.25) is 5.91 Å². The summed E-state index contributed by atoms with van der Waals surface area (Å²) >= 11 is 0. The maximum Gasteiger partial charge on any atom is 0.416 e. The fraction of sp³-hybridized carbons (Fsp3) is 0.367. The Balaban J connectivity index is 1.23. The van der Waals surface area contributed by atoms with Crippen LogP contribution in [-0.2, 0) is 11.0 Å². The minimum Gasteiger partial charge on any atom is -0.382 e. The van der Waals surface area contributed by atoms with Crippen molar-refractivity contribution in [1.82, 2.24) is 24.7 Å². The number of aromatic nitrogens is 4. The Morgan fingerprint density at radius 1 is 0.976 bits per heavy atom. The van der Waals surface area contributed by atoms with Crippen LogP contribution in [0.2, 0.25) is 0 Å². The number of benzene rings is 1. The first-order valence-electron chi connectivity index (χ1n) is 14.0. The molecule has 3 heterocycles.